The molecule has 0 aliphatic carbocycles. The largest absolute Gasteiger partial charge is 0.282 e. The van der Waals surface area contributed by atoms with Crippen molar-refractivity contribution in [3.63, 3.8) is 0 Å². The molecule has 5 nitrogen and oxygen atoms in total. The van der Waals surface area contributed by atoms with Gasteiger partial charge in [0.25, 0.3) is 10.0 Å². The molecule has 2 aromatic carbocycles. The molecular formula is C16H22FN3O2S. The monoisotopic (exact) mass is 339 g/mol. The first-order valence-electron chi connectivity index (χ1n) is 7.19. The summed E-state index contributed by atoms with van der Waals surface area (Å²) in [6.07, 6.45) is 0. The van der Waals surface area contributed by atoms with Crippen molar-refractivity contribution in [2.75, 3.05) is 4.72 Å². The van der Waals surface area contributed by atoms with E-state index >= 15 is 0 Å². The number of benzene rings is 2. The fourth-order valence-corrected chi connectivity index (χ4v) is 3.13. The van der Waals surface area contributed by atoms with Crippen LogP contribution in [0, 0.1) is 12.7 Å². The predicted molar refractivity (Wildman–Crippen MR) is 93.6 cm³/mol. The zero-order chi connectivity index (χ0) is 17.0. The second kappa shape index (κ2) is 6.78. The maximum absolute atomic E-state index is 13.2. The van der Waals surface area contributed by atoms with E-state index in [0.717, 1.165) is 22.7 Å². The number of hydrogen-bond acceptors (Lipinski definition) is 3. The van der Waals surface area contributed by atoms with E-state index in [-0.39, 0.29) is 7.75 Å². The van der Waals surface area contributed by atoms with Gasteiger partial charge < -0.3 is 0 Å². The van der Waals surface area contributed by atoms with Gasteiger partial charge in [-0.25, -0.2) is 12.8 Å². The molecule has 0 atom stereocenters. The van der Waals surface area contributed by atoms with Gasteiger partial charge >= 0.3 is 0 Å². The number of aromatic amines is 1. The van der Waals surface area contributed by atoms with Gasteiger partial charge in [0.15, 0.2) is 0 Å². The summed E-state index contributed by atoms with van der Waals surface area (Å²) in [5.74, 6) is -0.598. The Morgan fingerprint density at radius 2 is 1.91 bits per heavy atom. The molecule has 0 saturated carbocycles. The van der Waals surface area contributed by atoms with Gasteiger partial charge in [-0.1, -0.05) is 19.9 Å². The molecule has 23 heavy (non-hydrogen) atoms. The van der Waals surface area contributed by atoms with E-state index in [1.807, 2.05) is 20.8 Å². The van der Waals surface area contributed by atoms with Crippen molar-refractivity contribution < 1.29 is 15.7 Å². The van der Waals surface area contributed by atoms with Crippen LogP contribution in [0.5, 0.6) is 0 Å². The van der Waals surface area contributed by atoms with Crippen molar-refractivity contribution >= 4 is 26.6 Å². The van der Waals surface area contributed by atoms with E-state index < -0.39 is 15.8 Å². The normalized spacial score (nSPS) is 11.0. The molecule has 0 bridgehead atoms. The number of anilines is 1. The second-order valence-electron chi connectivity index (χ2n) is 4.64. The highest BCUT2D eigenvalue weighted by Gasteiger charge is 2.15. The number of H-pyrrole nitrogens is 1. The summed E-state index contributed by atoms with van der Waals surface area (Å²) in [7, 11) is -3.82. The van der Waals surface area contributed by atoms with Gasteiger partial charge in [-0.2, -0.15) is 5.10 Å². The van der Waals surface area contributed by atoms with E-state index in [1.54, 1.807) is 18.2 Å². The second-order valence-corrected chi connectivity index (χ2v) is 6.33. The molecule has 0 aliphatic heterocycles. The standard InChI is InChI=1S/C14H12FN3O2S.C2H6.2H2/c1-9-13-8-11(5-6-14(13)17-16-9)18-21(19,20)12-4-2-3-10(15)7-12;1-2;;/h2-8,18H,1H3,(H,16,17);1-2H3;2*1H. The zero-order valence-electron chi connectivity index (χ0n) is 13.1. The van der Waals surface area contributed by atoms with Crippen LogP contribution in [0.1, 0.15) is 22.4 Å². The van der Waals surface area contributed by atoms with Gasteiger partial charge in [0.1, 0.15) is 5.82 Å². The lowest BCUT2D eigenvalue weighted by molar-refractivity contribution is 0.595. The highest BCUT2D eigenvalue weighted by molar-refractivity contribution is 7.92. The average Bonchev–Trinajstić information content (AvgIpc) is 2.90. The summed E-state index contributed by atoms with van der Waals surface area (Å²) >= 11 is 0. The Morgan fingerprint density at radius 1 is 1.17 bits per heavy atom. The van der Waals surface area contributed by atoms with Crippen LogP contribution in [0.25, 0.3) is 10.9 Å². The molecule has 0 unspecified atom stereocenters. The van der Waals surface area contributed by atoms with E-state index in [4.69, 9.17) is 0 Å². The van der Waals surface area contributed by atoms with Crippen LogP contribution in [0.15, 0.2) is 47.4 Å². The number of hydrogen-bond donors (Lipinski definition) is 2. The third kappa shape index (κ3) is 3.68. The van der Waals surface area contributed by atoms with Crippen molar-refractivity contribution in [2.45, 2.75) is 25.7 Å². The molecule has 7 heteroatoms. The molecule has 0 radical (unpaired) electrons. The molecule has 0 spiro atoms. The molecule has 0 saturated heterocycles. The van der Waals surface area contributed by atoms with Crippen LogP contribution in [0.4, 0.5) is 10.1 Å². The zero-order valence-corrected chi connectivity index (χ0v) is 13.9. The van der Waals surface area contributed by atoms with E-state index in [2.05, 4.69) is 14.9 Å². The summed E-state index contributed by atoms with van der Waals surface area (Å²) in [5, 5.41) is 7.73. The summed E-state index contributed by atoms with van der Waals surface area (Å²) in [6.45, 7) is 5.85. The molecule has 3 rings (SSSR count). The van der Waals surface area contributed by atoms with Crippen LogP contribution in [-0.4, -0.2) is 18.6 Å². The minimum Gasteiger partial charge on any atom is -0.282 e. The number of nitrogens with one attached hydrogen (secondary N) is 2. The third-order valence-corrected chi connectivity index (χ3v) is 4.48. The van der Waals surface area contributed by atoms with Crippen LogP contribution >= 0.6 is 0 Å². The summed E-state index contributed by atoms with van der Waals surface area (Å²) in [5.41, 5.74) is 1.99. The van der Waals surface area contributed by atoms with Gasteiger partial charge in [-0.3, -0.25) is 9.82 Å². The van der Waals surface area contributed by atoms with E-state index in [1.165, 1.54) is 18.2 Å². The first kappa shape index (κ1) is 17.0. The molecular weight excluding hydrogens is 317 g/mol. The summed E-state index contributed by atoms with van der Waals surface area (Å²) < 4.78 is 40.0. The Balaban J connectivity index is 0.00000139. The number of aryl methyl sites for hydroxylation is 1. The topological polar surface area (TPSA) is 74.8 Å². The molecule has 0 amide bonds. The fraction of sp³-hybridized carbons (Fsp3) is 0.188. The number of aromatic nitrogens is 2. The van der Waals surface area contributed by atoms with Crippen molar-refractivity contribution in [1.29, 1.82) is 0 Å². The fourth-order valence-electron chi connectivity index (χ4n) is 2.05. The minimum absolute atomic E-state index is 0. The molecule has 0 aliphatic rings. The number of rotatable bonds is 3. The molecule has 3 aromatic rings. The van der Waals surface area contributed by atoms with Crippen LogP contribution < -0.4 is 4.72 Å². The maximum atomic E-state index is 13.2. The van der Waals surface area contributed by atoms with Crippen molar-refractivity contribution in [3.8, 4) is 0 Å². The van der Waals surface area contributed by atoms with E-state index in [9.17, 15) is 12.8 Å². The van der Waals surface area contributed by atoms with Gasteiger partial charge in [0.2, 0.25) is 0 Å². The number of sulfonamides is 1. The average molecular weight is 339 g/mol. The first-order valence-corrected chi connectivity index (χ1v) is 8.67. The minimum atomic E-state index is -3.82. The summed E-state index contributed by atoms with van der Waals surface area (Å²) in [6, 6.07) is 9.87. The molecule has 126 valence electrons. The van der Waals surface area contributed by atoms with Gasteiger partial charge in [-0.05, 0) is 43.3 Å². The SMILES string of the molecule is CC.Cc1[nH]nc2ccc(NS(=O)(=O)c3cccc(F)c3)cc12.[HH].[HH]. The highest BCUT2D eigenvalue weighted by atomic mass is 32.2. The Bertz CT molecular complexity index is 930. The van der Waals surface area contributed by atoms with Crippen molar-refractivity contribution in [2.24, 2.45) is 0 Å². The Labute approximate surface area is 137 Å². The Kier molecular flexibility index (Phi) is 5.00. The number of fused-ring (bicyclic) bond motifs is 1. The lowest BCUT2D eigenvalue weighted by Crippen LogP contribution is -2.13. The lowest BCUT2D eigenvalue weighted by atomic mass is 10.2. The highest BCUT2D eigenvalue weighted by Crippen LogP contribution is 2.22. The lowest BCUT2D eigenvalue weighted by Gasteiger charge is -2.08. The van der Waals surface area contributed by atoms with Gasteiger partial charge in [0, 0.05) is 19.6 Å². The molecule has 1 aromatic heterocycles. The molecule has 2 N–H and O–H groups in total. The maximum Gasteiger partial charge on any atom is 0.261 e. The van der Waals surface area contributed by atoms with E-state index in [0.29, 0.717) is 5.69 Å². The van der Waals surface area contributed by atoms with Crippen molar-refractivity contribution in [3.05, 3.63) is 54.0 Å². The number of nitrogens with zero attached hydrogens (tertiary/aromatic N) is 1. The summed E-state index contributed by atoms with van der Waals surface area (Å²) in [4.78, 5) is -0.119. The smallest absolute Gasteiger partial charge is 0.261 e. The predicted octanol–water partition coefficient (Wildman–Crippen LogP) is 4.33. The third-order valence-electron chi connectivity index (χ3n) is 3.10. The van der Waals surface area contributed by atoms with Crippen LogP contribution in [-0.2, 0) is 10.0 Å². The Morgan fingerprint density at radius 3 is 2.61 bits per heavy atom. The number of halogens is 1. The Hall–Kier alpha value is -2.41. The quantitative estimate of drug-likeness (QED) is 0.746. The first-order chi connectivity index (χ1) is 11.0. The van der Waals surface area contributed by atoms with Gasteiger partial charge in [-0.15, -0.1) is 0 Å². The molecule has 1 heterocycles. The van der Waals surface area contributed by atoms with Crippen LogP contribution in [0.3, 0.4) is 0 Å². The van der Waals surface area contributed by atoms with Gasteiger partial charge in [0.05, 0.1) is 10.4 Å². The van der Waals surface area contributed by atoms with Crippen LogP contribution in [0.2, 0.25) is 0 Å². The molecule has 0 fully saturated rings. The van der Waals surface area contributed by atoms with Crippen molar-refractivity contribution in [1.82, 2.24) is 10.2 Å².